The summed E-state index contributed by atoms with van der Waals surface area (Å²) in [5.74, 6) is 1.44. The van der Waals surface area contributed by atoms with Crippen molar-refractivity contribution < 1.29 is 0 Å². The average Bonchev–Trinajstić information content (AvgIpc) is 2.28. The molecule has 0 spiro atoms. The Kier molecular flexibility index (Phi) is 6.01. The highest BCUT2D eigenvalue weighted by atomic mass is 14.6. The largest absolute Gasteiger partial charge is 0.0654 e. The van der Waals surface area contributed by atoms with Crippen LogP contribution in [-0.2, 0) is 0 Å². The van der Waals surface area contributed by atoms with Crippen molar-refractivity contribution in [3.8, 4) is 0 Å². The fourth-order valence-corrected chi connectivity index (χ4v) is 3.74. The quantitative estimate of drug-likeness (QED) is 0.464. The molecule has 0 aromatic carbocycles. The molecule has 0 heterocycles. The molecular weight excluding hydrogens is 240 g/mol. The van der Waals surface area contributed by atoms with Gasteiger partial charge < -0.3 is 0 Å². The van der Waals surface area contributed by atoms with Crippen molar-refractivity contribution in [2.45, 2.75) is 95.9 Å². The summed E-state index contributed by atoms with van der Waals surface area (Å²) >= 11 is 0. The summed E-state index contributed by atoms with van der Waals surface area (Å²) in [5.41, 5.74) is 1.21. The molecule has 0 fully saturated rings. The number of hydrogen-bond acceptors (Lipinski definition) is 0. The summed E-state index contributed by atoms with van der Waals surface area (Å²) in [6.07, 6.45) is 2.61. The highest BCUT2D eigenvalue weighted by Gasteiger charge is 2.56. The Hall–Kier alpha value is 0. The van der Waals surface area contributed by atoms with Crippen molar-refractivity contribution in [1.29, 1.82) is 0 Å². The molecule has 20 heavy (non-hydrogen) atoms. The standard InChI is InChI=1S/C20H42/c1-13-14-16(4)18(7,8)20(11,12)19(9,10)17(5,6)15(2)3/h15-16H,13-14H2,1-12H3. The van der Waals surface area contributed by atoms with Crippen molar-refractivity contribution in [3.63, 3.8) is 0 Å². The minimum atomic E-state index is 0.277. The highest BCUT2D eigenvalue weighted by molar-refractivity contribution is 5.04. The van der Waals surface area contributed by atoms with Crippen LogP contribution < -0.4 is 0 Å². The normalized spacial score (nSPS) is 16.6. The van der Waals surface area contributed by atoms with Crippen molar-refractivity contribution >= 4 is 0 Å². The van der Waals surface area contributed by atoms with E-state index >= 15 is 0 Å². The van der Waals surface area contributed by atoms with Crippen LogP contribution in [0, 0.1) is 33.5 Å². The molecule has 0 N–H and O–H groups in total. The summed E-state index contributed by atoms with van der Waals surface area (Å²) in [4.78, 5) is 0. The summed E-state index contributed by atoms with van der Waals surface area (Å²) in [5, 5.41) is 0. The van der Waals surface area contributed by atoms with Gasteiger partial charge in [-0.15, -0.1) is 0 Å². The van der Waals surface area contributed by atoms with Crippen LogP contribution in [0.25, 0.3) is 0 Å². The second kappa shape index (κ2) is 6.01. The molecule has 1 atom stereocenters. The van der Waals surface area contributed by atoms with E-state index in [2.05, 4.69) is 83.1 Å². The van der Waals surface area contributed by atoms with E-state index in [0.29, 0.717) is 16.7 Å². The van der Waals surface area contributed by atoms with Gasteiger partial charge in [-0.1, -0.05) is 95.9 Å². The lowest BCUT2D eigenvalue weighted by Crippen LogP contribution is -2.55. The molecule has 0 amide bonds. The Balaban J connectivity index is 5.71. The van der Waals surface area contributed by atoms with Crippen molar-refractivity contribution in [2.75, 3.05) is 0 Å². The minimum Gasteiger partial charge on any atom is -0.0654 e. The topological polar surface area (TPSA) is 0 Å². The fourth-order valence-electron chi connectivity index (χ4n) is 3.74. The van der Waals surface area contributed by atoms with E-state index in [9.17, 15) is 0 Å². The predicted molar refractivity (Wildman–Crippen MR) is 94.0 cm³/mol. The van der Waals surface area contributed by atoms with Gasteiger partial charge in [0.25, 0.3) is 0 Å². The van der Waals surface area contributed by atoms with E-state index < -0.39 is 0 Å². The minimum absolute atomic E-state index is 0.277. The van der Waals surface area contributed by atoms with Gasteiger partial charge in [0, 0.05) is 0 Å². The number of hydrogen-bond donors (Lipinski definition) is 0. The van der Waals surface area contributed by atoms with Gasteiger partial charge in [-0.3, -0.25) is 0 Å². The lowest BCUT2D eigenvalue weighted by Gasteiger charge is -2.61. The van der Waals surface area contributed by atoms with Gasteiger partial charge in [0.05, 0.1) is 0 Å². The number of rotatable bonds is 7. The molecule has 0 saturated heterocycles. The molecule has 0 radical (unpaired) electrons. The molecule has 0 heteroatoms. The first kappa shape index (κ1) is 20.0. The van der Waals surface area contributed by atoms with Gasteiger partial charge in [-0.25, -0.2) is 0 Å². The van der Waals surface area contributed by atoms with Gasteiger partial charge in [0.1, 0.15) is 0 Å². The molecule has 0 aliphatic heterocycles. The molecule has 0 saturated carbocycles. The molecule has 0 aliphatic carbocycles. The van der Waals surface area contributed by atoms with Crippen molar-refractivity contribution in [2.24, 2.45) is 33.5 Å². The monoisotopic (exact) mass is 282 g/mol. The zero-order valence-corrected chi connectivity index (χ0v) is 16.6. The summed E-state index contributed by atoms with van der Waals surface area (Å²) in [6.45, 7) is 29.4. The maximum Gasteiger partial charge on any atom is -0.0244 e. The third-order valence-electron chi connectivity index (χ3n) is 8.18. The summed E-state index contributed by atoms with van der Waals surface area (Å²) in [6, 6.07) is 0. The first-order valence-corrected chi connectivity index (χ1v) is 8.67. The van der Waals surface area contributed by atoms with Crippen LogP contribution >= 0.6 is 0 Å². The van der Waals surface area contributed by atoms with Crippen LogP contribution in [0.15, 0.2) is 0 Å². The summed E-state index contributed by atoms with van der Waals surface area (Å²) in [7, 11) is 0. The van der Waals surface area contributed by atoms with E-state index in [4.69, 9.17) is 0 Å². The van der Waals surface area contributed by atoms with Gasteiger partial charge in [-0.05, 0) is 33.5 Å². The molecule has 0 aromatic rings. The van der Waals surface area contributed by atoms with Gasteiger partial charge in [-0.2, -0.15) is 0 Å². The van der Waals surface area contributed by atoms with Crippen molar-refractivity contribution in [1.82, 2.24) is 0 Å². The third kappa shape index (κ3) is 2.95. The molecule has 0 aromatic heterocycles. The van der Waals surface area contributed by atoms with E-state index in [0.717, 1.165) is 5.92 Å². The smallest absolute Gasteiger partial charge is 0.0244 e. The van der Waals surface area contributed by atoms with Gasteiger partial charge >= 0.3 is 0 Å². The van der Waals surface area contributed by atoms with Gasteiger partial charge in [0.2, 0.25) is 0 Å². The van der Waals surface area contributed by atoms with Gasteiger partial charge in [0.15, 0.2) is 0 Å². The third-order valence-corrected chi connectivity index (χ3v) is 8.18. The van der Waals surface area contributed by atoms with Crippen LogP contribution in [-0.4, -0.2) is 0 Å². The fraction of sp³-hybridized carbons (Fsp3) is 1.00. The van der Waals surface area contributed by atoms with E-state index in [-0.39, 0.29) is 10.8 Å². The molecule has 0 nitrogen and oxygen atoms in total. The SMILES string of the molecule is CCCC(C)C(C)(C)C(C)(C)C(C)(C)C(C)(C)C(C)C. The molecule has 0 rings (SSSR count). The first-order chi connectivity index (χ1) is 8.67. The Morgan fingerprint density at radius 3 is 1.30 bits per heavy atom. The highest BCUT2D eigenvalue weighted by Crippen LogP contribution is 2.63. The molecule has 1 unspecified atom stereocenters. The van der Waals surface area contributed by atoms with Crippen molar-refractivity contribution in [3.05, 3.63) is 0 Å². The maximum absolute atomic E-state index is 2.50. The van der Waals surface area contributed by atoms with Crippen LogP contribution in [0.2, 0.25) is 0 Å². The lowest BCUT2D eigenvalue weighted by molar-refractivity contribution is -0.131. The second-order valence-corrected chi connectivity index (χ2v) is 9.54. The van der Waals surface area contributed by atoms with Crippen LogP contribution in [0.3, 0.4) is 0 Å². The molecule has 0 bridgehead atoms. The summed E-state index contributed by atoms with van der Waals surface area (Å²) < 4.78 is 0. The Bertz CT molecular complexity index is 302. The van der Waals surface area contributed by atoms with Crippen LogP contribution in [0.4, 0.5) is 0 Å². The maximum atomic E-state index is 2.50. The molecule has 0 aliphatic rings. The zero-order chi connectivity index (χ0) is 16.6. The zero-order valence-electron chi connectivity index (χ0n) is 16.6. The first-order valence-electron chi connectivity index (χ1n) is 8.67. The molecule has 122 valence electrons. The predicted octanol–water partition coefficient (Wildman–Crippen LogP) is 7.18. The Morgan fingerprint density at radius 1 is 0.650 bits per heavy atom. The lowest BCUT2D eigenvalue weighted by atomic mass is 9.43. The second-order valence-electron chi connectivity index (χ2n) is 9.54. The van der Waals surface area contributed by atoms with Crippen LogP contribution in [0.5, 0.6) is 0 Å². The Morgan fingerprint density at radius 2 is 1.00 bits per heavy atom. The average molecular weight is 283 g/mol. The Labute approximate surface area is 130 Å². The molecular formula is C20H42. The van der Waals surface area contributed by atoms with E-state index in [1.807, 2.05) is 0 Å². The van der Waals surface area contributed by atoms with Crippen LogP contribution in [0.1, 0.15) is 95.9 Å². The van der Waals surface area contributed by atoms with E-state index in [1.165, 1.54) is 12.8 Å². The van der Waals surface area contributed by atoms with E-state index in [1.54, 1.807) is 0 Å².